The molecule has 3 heteroatoms. The highest BCUT2D eigenvalue weighted by Gasteiger charge is 1.94. The van der Waals surface area contributed by atoms with Crippen molar-refractivity contribution in [3.63, 3.8) is 0 Å². The summed E-state index contributed by atoms with van der Waals surface area (Å²) < 4.78 is 1.86. The van der Waals surface area contributed by atoms with E-state index in [2.05, 4.69) is 31.9 Å². The second-order valence-electron chi connectivity index (χ2n) is 1.64. The van der Waals surface area contributed by atoms with Crippen molar-refractivity contribution in [1.82, 2.24) is 0 Å². The smallest absolute Gasteiger partial charge is 0.0688 e. The Morgan fingerprint density at radius 2 is 1.56 bits per heavy atom. The molecule has 0 aromatic heterocycles. The van der Waals surface area contributed by atoms with E-state index in [1.807, 2.05) is 18.2 Å². The third kappa shape index (κ3) is 1.58. The van der Waals surface area contributed by atoms with Crippen LogP contribution in [0, 0.1) is 0 Å². The van der Waals surface area contributed by atoms with Crippen LogP contribution in [-0.2, 0) is 0 Å². The second kappa shape index (κ2) is 2.89. The lowest BCUT2D eigenvalue weighted by atomic mass is 9.97. The summed E-state index contributed by atoms with van der Waals surface area (Å²) in [6, 6.07) is 5.73. The van der Waals surface area contributed by atoms with Gasteiger partial charge in [-0.25, -0.2) is 0 Å². The van der Waals surface area contributed by atoms with Gasteiger partial charge in [-0.3, -0.25) is 0 Å². The normalized spacial score (nSPS) is 9.56. The zero-order valence-electron chi connectivity index (χ0n) is 4.57. The largest absolute Gasteiger partial charge is 0.116 e. The minimum absolute atomic E-state index is 0.748. The molecule has 0 nitrogen and oxygen atoms in total. The van der Waals surface area contributed by atoms with Crippen LogP contribution in [0.5, 0.6) is 0 Å². The van der Waals surface area contributed by atoms with Gasteiger partial charge in [0.15, 0.2) is 0 Å². The van der Waals surface area contributed by atoms with Gasteiger partial charge >= 0.3 is 0 Å². The van der Waals surface area contributed by atoms with Crippen molar-refractivity contribution in [2.24, 2.45) is 0 Å². The van der Waals surface area contributed by atoms with Crippen molar-refractivity contribution in [3.8, 4) is 0 Å². The minimum Gasteiger partial charge on any atom is -0.0688 e. The molecular formula is C6H3BBr2. The summed E-state index contributed by atoms with van der Waals surface area (Å²) >= 11 is 6.58. The maximum atomic E-state index is 5.59. The van der Waals surface area contributed by atoms with Crippen molar-refractivity contribution in [2.75, 3.05) is 0 Å². The van der Waals surface area contributed by atoms with E-state index in [1.54, 1.807) is 0 Å². The summed E-state index contributed by atoms with van der Waals surface area (Å²) in [5.41, 5.74) is 0.748. The molecule has 44 valence electrons. The number of hydrogen-bond donors (Lipinski definition) is 0. The van der Waals surface area contributed by atoms with Crippen LogP contribution in [0.15, 0.2) is 27.1 Å². The van der Waals surface area contributed by atoms with E-state index < -0.39 is 0 Å². The number of hydrogen-bond acceptors (Lipinski definition) is 0. The average molecular weight is 246 g/mol. The molecule has 0 unspecified atom stereocenters. The van der Waals surface area contributed by atoms with E-state index in [9.17, 15) is 0 Å². The Kier molecular flexibility index (Phi) is 2.36. The van der Waals surface area contributed by atoms with Crippen molar-refractivity contribution < 1.29 is 0 Å². The van der Waals surface area contributed by atoms with Crippen LogP contribution in [0.25, 0.3) is 0 Å². The second-order valence-corrected chi connectivity index (χ2v) is 3.34. The number of benzene rings is 1. The molecule has 0 aliphatic heterocycles. The van der Waals surface area contributed by atoms with Crippen molar-refractivity contribution in [1.29, 1.82) is 0 Å². The molecule has 0 bridgehead atoms. The average Bonchev–Trinajstić information content (AvgIpc) is 1.83. The van der Waals surface area contributed by atoms with Crippen molar-refractivity contribution >= 4 is 45.2 Å². The monoisotopic (exact) mass is 244 g/mol. The predicted molar refractivity (Wildman–Crippen MR) is 47.2 cm³/mol. The van der Waals surface area contributed by atoms with Gasteiger partial charge in [0, 0.05) is 8.95 Å². The first kappa shape index (κ1) is 7.35. The fraction of sp³-hybridized carbons (Fsp3) is 0. The van der Waals surface area contributed by atoms with Gasteiger partial charge in [0.05, 0.1) is 0 Å². The Morgan fingerprint density at radius 1 is 1.11 bits per heavy atom. The van der Waals surface area contributed by atoms with E-state index in [4.69, 9.17) is 7.85 Å². The molecule has 0 aliphatic carbocycles. The molecule has 1 aromatic carbocycles. The lowest BCUT2D eigenvalue weighted by molar-refractivity contribution is 1.67. The number of rotatable bonds is 0. The Hall–Kier alpha value is 0.245. The van der Waals surface area contributed by atoms with Gasteiger partial charge in [-0.15, -0.1) is 0 Å². The van der Waals surface area contributed by atoms with Gasteiger partial charge in [-0.2, -0.15) is 0 Å². The number of halogens is 2. The van der Waals surface area contributed by atoms with Gasteiger partial charge in [0.2, 0.25) is 0 Å². The third-order valence-corrected chi connectivity index (χ3v) is 2.38. The van der Waals surface area contributed by atoms with Gasteiger partial charge < -0.3 is 0 Å². The SMILES string of the molecule is [B]c1c(Br)cccc1Br. The molecule has 0 amide bonds. The molecular weight excluding hydrogens is 243 g/mol. The molecule has 9 heavy (non-hydrogen) atoms. The highest BCUT2D eigenvalue weighted by molar-refractivity contribution is 9.11. The zero-order chi connectivity index (χ0) is 6.85. The molecule has 0 spiro atoms. The first-order valence-corrected chi connectivity index (χ1v) is 4.00. The van der Waals surface area contributed by atoms with Gasteiger partial charge in [0.1, 0.15) is 7.85 Å². The zero-order valence-corrected chi connectivity index (χ0v) is 7.74. The first-order valence-electron chi connectivity index (χ1n) is 2.41. The van der Waals surface area contributed by atoms with Crippen LogP contribution in [0.3, 0.4) is 0 Å². The Labute approximate surface area is 72.3 Å². The van der Waals surface area contributed by atoms with Gasteiger partial charge in [-0.05, 0) is 12.1 Å². The molecule has 1 aromatic rings. The molecule has 0 fully saturated rings. The Morgan fingerprint density at radius 3 is 1.89 bits per heavy atom. The van der Waals surface area contributed by atoms with Crippen LogP contribution in [0.1, 0.15) is 0 Å². The topological polar surface area (TPSA) is 0 Å². The van der Waals surface area contributed by atoms with E-state index in [0.29, 0.717) is 0 Å². The molecule has 0 aliphatic rings. The highest BCUT2D eigenvalue weighted by atomic mass is 79.9. The maximum absolute atomic E-state index is 5.59. The van der Waals surface area contributed by atoms with Crippen LogP contribution in [0.4, 0.5) is 0 Å². The van der Waals surface area contributed by atoms with E-state index in [0.717, 1.165) is 14.4 Å². The minimum atomic E-state index is 0.748. The van der Waals surface area contributed by atoms with Gasteiger partial charge in [-0.1, -0.05) is 43.4 Å². The lowest BCUT2D eigenvalue weighted by Crippen LogP contribution is -2.04. The molecule has 0 N–H and O–H groups in total. The van der Waals surface area contributed by atoms with Crippen LogP contribution in [-0.4, -0.2) is 7.85 Å². The Bertz CT molecular complexity index is 202. The van der Waals surface area contributed by atoms with Gasteiger partial charge in [0.25, 0.3) is 0 Å². The standard InChI is InChI=1S/C6H3BBr2/c7-6-4(8)2-1-3-5(6)9/h1-3H. The summed E-state index contributed by atoms with van der Waals surface area (Å²) in [7, 11) is 5.59. The van der Waals surface area contributed by atoms with Crippen molar-refractivity contribution in [2.45, 2.75) is 0 Å². The molecule has 2 radical (unpaired) electrons. The predicted octanol–water partition coefficient (Wildman–Crippen LogP) is 2.01. The molecule has 0 atom stereocenters. The molecule has 0 heterocycles. The highest BCUT2D eigenvalue weighted by Crippen LogP contribution is 2.11. The van der Waals surface area contributed by atoms with Crippen LogP contribution in [0.2, 0.25) is 0 Å². The van der Waals surface area contributed by atoms with Crippen molar-refractivity contribution in [3.05, 3.63) is 27.1 Å². The van der Waals surface area contributed by atoms with E-state index in [-0.39, 0.29) is 0 Å². The van der Waals surface area contributed by atoms with E-state index >= 15 is 0 Å². The summed E-state index contributed by atoms with van der Waals surface area (Å²) in [6.07, 6.45) is 0. The molecule has 0 saturated heterocycles. The van der Waals surface area contributed by atoms with Crippen LogP contribution >= 0.6 is 31.9 Å². The quantitative estimate of drug-likeness (QED) is 0.614. The fourth-order valence-electron chi connectivity index (χ4n) is 0.511. The maximum Gasteiger partial charge on any atom is 0.116 e. The summed E-state index contributed by atoms with van der Waals surface area (Å²) in [4.78, 5) is 0. The summed E-state index contributed by atoms with van der Waals surface area (Å²) in [5.74, 6) is 0. The third-order valence-electron chi connectivity index (χ3n) is 1.000. The summed E-state index contributed by atoms with van der Waals surface area (Å²) in [5, 5.41) is 0. The van der Waals surface area contributed by atoms with E-state index in [1.165, 1.54) is 0 Å². The fourth-order valence-corrected chi connectivity index (χ4v) is 1.51. The molecule has 1 rings (SSSR count). The molecule has 0 saturated carbocycles. The first-order chi connectivity index (χ1) is 4.22. The summed E-state index contributed by atoms with van der Waals surface area (Å²) in [6.45, 7) is 0. The van der Waals surface area contributed by atoms with Crippen LogP contribution < -0.4 is 5.46 Å². The Balaban J connectivity index is 3.25. The lowest BCUT2D eigenvalue weighted by Gasteiger charge is -1.98.